The minimum Gasteiger partial charge on any atom is -0.370 e. The molecule has 5 nitrogen and oxygen atoms in total. The lowest BCUT2D eigenvalue weighted by Crippen LogP contribution is -2.30. The van der Waals surface area contributed by atoms with Gasteiger partial charge in [0.25, 0.3) is 10.0 Å². The van der Waals surface area contributed by atoms with Gasteiger partial charge in [-0.25, -0.2) is 8.42 Å². The number of piperidine rings is 1. The second-order valence-electron chi connectivity index (χ2n) is 6.50. The molecule has 0 spiro atoms. The van der Waals surface area contributed by atoms with Crippen LogP contribution in [0.1, 0.15) is 19.3 Å². The smallest absolute Gasteiger partial charge is 0.271 e. The summed E-state index contributed by atoms with van der Waals surface area (Å²) < 4.78 is 29.0. The standard InChI is InChI=1S/C20H21N3O2S2/c24-27(25,20-12-11-19(26-20)17-9-4-5-13-21-17)22-16-8-2-3-10-18(16)23-14-6-1-7-15-23/h2-5,8-13,22H,1,6-7,14-15H2. The van der Waals surface area contributed by atoms with Crippen LogP contribution in [0.25, 0.3) is 10.6 Å². The third-order valence-electron chi connectivity index (χ3n) is 4.61. The van der Waals surface area contributed by atoms with E-state index in [-0.39, 0.29) is 4.21 Å². The number of nitrogens with one attached hydrogen (secondary N) is 1. The molecule has 27 heavy (non-hydrogen) atoms. The van der Waals surface area contributed by atoms with Crippen LogP contribution in [0.4, 0.5) is 11.4 Å². The van der Waals surface area contributed by atoms with Crippen LogP contribution in [0.3, 0.4) is 0 Å². The zero-order valence-electron chi connectivity index (χ0n) is 14.8. The molecule has 0 aliphatic carbocycles. The first-order valence-electron chi connectivity index (χ1n) is 9.01. The first-order chi connectivity index (χ1) is 13.1. The van der Waals surface area contributed by atoms with Crippen molar-refractivity contribution in [1.29, 1.82) is 0 Å². The summed E-state index contributed by atoms with van der Waals surface area (Å²) in [6.07, 6.45) is 5.21. The van der Waals surface area contributed by atoms with Crippen LogP contribution in [0, 0.1) is 0 Å². The number of hydrogen-bond acceptors (Lipinski definition) is 5. The van der Waals surface area contributed by atoms with Crippen LogP contribution in [0.2, 0.25) is 0 Å². The van der Waals surface area contributed by atoms with Gasteiger partial charge in [0.1, 0.15) is 4.21 Å². The van der Waals surface area contributed by atoms with E-state index in [0.717, 1.165) is 42.2 Å². The van der Waals surface area contributed by atoms with E-state index in [4.69, 9.17) is 0 Å². The van der Waals surface area contributed by atoms with Gasteiger partial charge in [0.05, 0.1) is 21.9 Å². The Morgan fingerprint density at radius 1 is 0.926 bits per heavy atom. The topological polar surface area (TPSA) is 62.3 Å². The number of thiophene rings is 1. The fourth-order valence-corrected chi connectivity index (χ4v) is 5.63. The lowest BCUT2D eigenvalue weighted by molar-refractivity contribution is 0.578. The van der Waals surface area contributed by atoms with Crippen LogP contribution in [0.15, 0.2) is 65.0 Å². The Morgan fingerprint density at radius 2 is 1.70 bits per heavy atom. The molecule has 3 aromatic rings. The summed E-state index contributed by atoms with van der Waals surface area (Å²) in [5, 5.41) is 0. The molecule has 1 aliphatic rings. The average molecular weight is 400 g/mol. The largest absolute Gasteiger partial charge is 0.370 e. The maximum Gasteiger partial charge on any atom is 0.271 e. The van der Waals surface area contributed by atoms with E-state index in [9.17, 15) is 8.42 Å². The highest BCUT2D eigenvalue weighted by atomic mass is 32.2. The molecule has 0 radical (unpaired) electrons. The number of benzene rings is 1. The number of hydrogen-bond donors (Lipinski definition) is 1. The minimum atomic E-state index is -3.65. The summed E-state index contributed by atoms with van der Waals surface area (Å²) in [5.41, 5.74) is 2.35. The maximum absolute atomic E-state index is 12.9. The molecular weight excluding hydrogens is 378 g/mol. The van der Waals surface area contributed by atoms with Gasteiger partial charge in [-0.1, -0.05) is 18.2 Å². The molecule has 0 amide bonds. The second-order valence-corrected chi connectivity index (χ2v) is 9.50. The number of rotatable bonds is 5. The van der Waals surface area contributed by atoms with Crippen molar-refractivity contribution < 1.29 is 8.42 Å². The Labute approximate surface area is 163 Å². The molecule has 2 aromatic heterocycles. The third-order valence-corrected chi connectivity index (χ3v) is 7.57. The van der Waals surface area contributed by atoms with Gasteiger partial charge in [0.2, 0.25) is 0 Å². The van der Waals surface area contributed by atoms with Gasteiger partial charge in [-0.05, 0) is 55.7 Å². The highest BCUT2D eigenvalue weighted by Crippen LogP contribution is 2.33. The van der Waals surface area contributed by atoms with Gasteiger partial charge in [0, 0.05) is 19.3 Å². The molecule has 0 saturated carbocycles. The summed E-state index contributed by atoms with van der Waals surface area (Å²) in [6.45, 7) is 1.92. The van der Waals surface area contributed by atoms with Crippen molar-refractivity contribution in [1.82, 2.24) is 4.98 Å². The zero-order valence-corrected chi connectivity index (χ0v) is 16.5. The molecule has 4 rings (SSSR count). The second kappa shape index (κ2) is 7.70. The molecule has 1 aliphatic heterocycles. The van der Waals surface area contributed by atoms with Gasteiger partial charge in [0.15, 0.2) is 0 Å². The van der Waals surface area contributed by atoms with Crippen molar-refractivity contribution in [3.05, 3.63) is 60.8 Å². The van der Waals surface area contributed by atoms with Crippen molar-refractivity contribution >= 4 is 32.7 Å². The molecule has 1 N–H and O–H groups in total. The van der Waals surface area contributed by atoms with Crippen LogP contribution >= 0.6 is 11.3 Å². The minimum absolute atomic E-state index is 0.289. The van der Waals surface area contributed by atoms with Crippen molar-refractivity contribution in [3.8, 4) is 10.6 Å². The lowest BCUT2D eigenvalue weighted by atomic mass is 10.1. The highest BCUT2D eigenvalue weighted by molar-refractivity contribution is 7.94. The fraction of sp³-hybridized carbons (Fsp3) is 0.250. The summed E-state index contributed by atoms with van der Waals surface area (Å²) in [4.78, 5) is 7.38. The van der Waals surface area contributed by atoms with E-state index in [0.29, 0.717) is 5.69 Å². The van der Waals surface area contributed by atoms with Crippen LogP contribution in [-0.2, 0) is 10.0 Å². The quantitative estimate of drug-likeness (QED) is 0.681. The maximum atomic E-state index is 12.9. The lowest BCUT2D eigenvalue weighted by Gasteiger charge is -2.30. The van der Waals surface area contributed by atoms with Gasteiger partial charge in [-0.2, -0.15) is 0 Å². The van der Waals surface area contributed by atoms with E-state index in [1.54, 1.807) is 18.3 Å². The molecular formula is C20H21N3O2S2. The number of sulfonamides is 1. The number of para-hydroxylation sites is 2. The van der Waals surface area contributed by atoms with E-state index in [2.05, 4.69) is 14.6 Å². The molecule has 1 fully saturated rings. The predicted molar refractivity (Wildman–Crippen MR) is 111 cm³/mol. The number of anilines is 2. The molecule has 140 valence electrons. The Kier molecular flexibility index (Phi) is 5.13. The first-order valence-corrected chi connectivity index (χ1v) is 11.3. The fourth-order valence-electron chi connectivity index (χ4n) is 3.28. The van der Waals surface area contributed by atoms with E-state index in [1.165, 1.54) is 17.8 Å². The van der Waals surface area contributed by atoms with E-state index < -0.39 is 10.0 Å². The molecule has 1 saturated heterocycles. The Balaban J connectivity index is 1.60. The summed E-state index contributed by atoms with van der Waals surface area (Å²) in [6, 6.07) is 16.7. The monoisotopic (exact) mass is 399 g/mol. The Hall–Kier alpha value is -2.38. The SMILES string of the molecule is O=S(=O)(Nc1ccccc1N1CCCCC1)c1ccc(-c2ccccn2)s1. The molecule has 0 atom stereocenters. The molecule has 0 bridgehead atoms. The van der Waals surface area contributed by atoms with Gasteiger partial charge in [-0.3, -0.25) is 9.71 Å². The van der Waals surface area contributed by atoms with Crippen molar-refractivity contribution in [2.75, 3.05) is 22.7 Å². The molecule has 1 aromatic carbocycles. The zero-order chi connectivity index (χ0) is 18.7. The molecule has 3 heterocycles. The normalized spacial score (nSPS) is 14.9. The molecule has 7 heteroatoms. The van der Waals surface area contributed by atoms with Crippen molar-refractivity contribution in [2.24, 2.45) is 0 Å². The highest BCUT2D eigenvalue weighted by Gasteiger charge is 2.21. The first kappa shape index (κ1) is 18.0. The average Bonchev–Trinajstić information content (AvgIpc) is 3.21. The van der Waals surface area contributed by atoms with E-state index >= 15 is 0 Å². The number of nitrogens with zero attached hydrogens (tertiary/aromatic N) is 2. The Morgan fingerprint density at radius 3 is 2.48 bits per heavy atom. The predicted octanol–water partition coefficient (Wildman–Crippen LogP) is 4.60. The van der Waals surface area contributed by atoms with Gasteiger partial charge in [-0.15, -0.1) is 11.3 Å². The van der Waals surface area contributed by atoms with Gasteiger partial charge < -0.3 is 4.90 Å². The van der Waals surface area contributed by atoms with Gasteiger partial charge >= 0.3 is 0 Å². The Bertz CT molecular complexity index is 1010. The summed E-state index contributed by atoms with van der Waals surface area (Å²) in [5.74, 6) is 0. The number of pyridine rings is 1. The third kappa shape index (κ3) is 3.99. The summed E-state index contributed by atoms with van der Waals surface area (Å²) in [7, 11) is -3.65. The molecule has 0 unspecified atom stereocenters. The van der Waals surface area contributed by atoms with Crippen molar-refractivity contribution in [3.63, 3.8) is 0 Å². The van der Waals surface area contributed by atoms with Crippen molar-refractivity contribution in [2.45, 2.75) is 23.5 Å². The van der Waals surface area contributed by atoms with Crippen LogP contribution in [-0.4, -0.2) is 26.5 Å². The van der Waals surface area contributed by atoms with Crippen LogP contribution < -0.4 is 9.62 Å². The summed E-state index contributed by atoms with van der Waals surface area (Å²) >= 11 is 1.23. The van der Waals surface area contributed by atoms with Crippen LogP contribution in [0.5, 0.6) is 0 Å². The van der Waals surface area contributed by atoms with E-state index in [1.807, 2.05) is 42.5 Å². The number of aromatic nitrogens is 1.